The molecule has 2 nitrogen and oxygen atoms in total. The maximum atomic E-state index is 8.55. The Morgan fingerprint density at radius 3 is 2.56 bits per heavy atom. The molecule has 0 saturated carbocycles. The molecule has 0 fully saturated rings. The van der Waals surface area contributed by atoms with Crippen LogP contribution in [0.4, 0.5) is 0 Å². The van der Waals surface area contributed by atoms with Crippen LogP contribution in [-0.2, 0) is 0 Å². The molecule has 52 valence electrons. The minimum Gasteiger partial charge on any atom is -0.395 e. The summed E-state index contributed by atoms with van der Waals surface area (Å²) in [4.78, 5) is 0. The van der Waals surface area contributed by atoms with Gasteiger partial charge in [-0.15, -0.1) is 11.8 Å². The highest BCUT2D eigenvalue weighted by Gasteiger charge is 2.05. The van der Waals surface area contributed by atoms with Crippen LogP contribution in [0.2, 0.25) is 0 Å². The van der Waals surface area contributed by atoms with Crippen molar-refractivity contribution in [3.63, 3.8) is 0 Å². The number of hydrogen-bond donors (Lipinski definition) is 1. The molecule has 3 heteroatoms. The van der Waals surface area contributed by atoms with Crippen molar-refractivity contribution in [3.05, 3.63) is 0 Å². The first-order valence-electron chi connectivity index (χ1n) is 2.86. The molecule has 0 heterocycles. The van der Waals surface area contributed by atoms with Crippen LogP contribution in [0.3, 0.4) is 0 Å². The Morgan fingerprint density at radius 1 is 1.67 bits per heavy atom. The molecule has 0 bridgehead atoms. The standard InChI is InChI=1S/C6H11NOS/c1-5(3-7)9-6(2)4-8/h5-6,8H,4H2,1-2H3. The second-order valence-corrected chi connectivity index (χ2v) is 3.68. The number of rotatable bonds is 3. The Kier molecular flexibility index (Phi) is 4.55. The number of hydrogen-bond acceptors (Lipinski definition) is 3. The molecule has 0 aromatic rings. The number of aliphatic hydroxyl groups is 1. The summed E-state index contributed by atoms with van der Waals surface area (Å²) < 4.78 is 0. The summed E-state index contributed by atoms with van der Waals surface area (Å²) in [5.41, 5.74) is 0. The number of nitriles is 1. The molecule has 1 N–H and O–H groups in total. The van der Waals surface area contributed by atoms with E-state index in [-0.39, 0.29) is 17.1 Å². The average molecular weight is 145 g/mol. The van der Waals surface area contributed by atoms with Crippen LogP contribution >= 0.6 is 11.8 Å². The van der Waals surface area contributed by atoms with Crippen LogP contribution in [0.25, 0.3) is 0 Å². The van der Waals surface area contributed by atoms with Gasteiger partial charge in [0.15, 0.2) is 0 Å². The maximum absolute atomic E-state index is 8.55. The first-order chi connectivity index (χ1) is 4.20. The Hall–Kier alpha value is -0.200. The minimum atomic E-state index is -0.00727. The molecule has 2 atom stereocenters. The summed E-state index contributed by atoms with van der Waals surface area (Å²) in [6.45, 7) is 3.88. The zero-order valence-electron chi connectivity index (χ0n) is 5.66. The van der Waals surface area contributed by atoms with Crippen molar-refractivity contribution in [1.82, 2.24) is 0 Å². The van der Waals surface area contributed by atoms with Crippen molar-refractivity contribution in [2.24, 2.45) is 0 Å². The molecular formula is C6H11NOS. The Balaban J connectivity index is 3.37. The Bertz CT molecular complexity index is 110. The fourth-order valence-corrected chi connectivity index (χ4v) is 1.27. The molecule has 0 radical (unpaired) electrons. The van der Waals surface area contributed by atoms with Crippen LogP contribution in [0, 0.1) is 11.3 Å². The predicted octanol–water partition coefficient (Wildman–Crippen LogP) is 1.01. The van der Waals surface area contributed by atoms with E-state index in [4.69, 9.17) is 10.4 Å². The van der Waals surface area contributed by atoms with E-state index in [1.54, 1.807) is 0 Å². The second-order valence-electron chi connectivity index (χ2n) is 1.90. The normalized spacial score (nSPS) is 16.2. The van der Waals surface area contributed by atoms with Crippen LogP contribution in [0.15, 0.2) is 0 Å². The van der Waals surface area contributed by atoms with Crippen molar-refractivity contribution >= 4 is 11.8 Å². The lowest BCUT2D eigenvalue weighted by Crippen LogP contribution is -2.06. The van der Waals surface area contributed by atoms with Crippen LogP contribution in [-0.4, -0.2) is 22.2 Å². The van der Waals surface area contributed by atoms with Gasteiger partial charge < -0.3 is 5.11 Å². The molecule has 0 saturated heterocycles. The molecular weight excluding hydrogens is 134 g/mol. The average Bonchev–Trinajstić information content (AvgIpc) is 1.87. The van der Waals surface area contributed by atoms with Gasteiger partial charge in [0, 0.05) is 5.25 Å². The molecule has 0 aromatic carbocycles. The zero-order valence-corrected chi connectivity index (χ0v) is 6.48. The maximum Gasteiger partial charge on any atom is 0.0892 e. The van der Waals surface area contributed by atoms with Crippen molar-refractivity contribution in [3.8, 4) is 6.07 Å². The molecule has 9 heavy (non-hydrogen) atoms. The topological polar surface area (TPSA) is 44.0 Å². The fraction of sp³-hybridized carbons (Fsp3) is 0.833. The lowest BCUT2D eigenvalue weighted by molar-refractivity contribution is 0.300. The van der Waals surface area contributed by atoms with Crippen LogP contribution in [0.1, 0.15) is 13.8 Å². The van der Waals surface area contributed by atoms with Gasteiger partial charge >= 0.3 is 0 Å². The summed E-state index contributed by atoms with van der Waals surface area (Å²) in [5.74, 6) is 0. The largest absolute Gasteiger partial charge is 0.395 e. The number of aliphatic hydroxyl groups excluding tert-OH is 1. The van der Waals surface area contributed by atoms with Gasteiger partial charge in [-0.05, 0) is 6.92 Å². The van der Waals surface area contributed by atoms with E-state index in [0.717, 1.165) is 0 Å². The molecule has 0 rings (SSSR count). The van der Waals surface area contributed by atoms with E-state index >= 15 is 0 Å². The van der Waals surface area contributed by atoms with Gasteiger partial charge in [0.05, 0.1) is 17.9 Å². The van der Waals surface area contributed by atoms with Gasteiger partial charge in [-0.1, -0.05) is 6.92 Å². The van der Waals surface area contributed by atoms with Crippen molar-refractivity contribution in [2.45, 2.75) is 24.3 Å². The molecule has 2 unspecified atom stereocenters. The van der Waals surface area contributed by atoms with E-state index in [2.05, 4.69) is 6.07 Å². The van der Waals surface area contributed by atoms with Crippen LogP contribution < -0.4 is 0 Å². The molecule has 0 aliphatic heterocycles. The van der Waals surface area contributed by atoms with E-state index in [1.807, 2.05) is 13.8 Å². The van der Waals surface area contributed by atoms with Crippen molar-refractivity contribution in [1.29, 1.82) is 5.26 Å². The number of nitrogens with zero attached hydrogens (tertiary/aromatic N) is 1. The molecule has 0 spiro atoms. The monoisotopic (exact) mass is 145 g/mol. The predicted molar refractivity (Wildman–Crippen MR) is 39.2 cm³/mol. The fourth-order valence-electron chi connectivity index (χ4n) is 0.422. The van der Waals surface area contributed by atoms with E-state index < -0.39 is 0 Å². The van der Waals surface area contributed by atoms with Crippen molar-refractivity contribution in [2.75, 3.05) is 6.61 Å². The highest BCUT2D eigenvalue weighted by molar-refractivity contribution is 8.00. The van der Waals surface area contributed by atoms with Gasteiger partial charge in [0.2, 0.25) is 0 Å². The van der Waals surface area contributed by atoms with Gasteiger partial charge in [0.25, 0.3) is 0 Å². The summed E-state index contributed by atoms with van der Waals surface area (Å²) >= 11 is 1.49. The molecule has 0 aliphatic carbocycles. The summed E-state index contributed by atoms with van der Waals surface area (Å²) in [7, 11) is 0. The first-order valence-corrected chi connectivity index (χ1v) is 3.81. The van der Waals surface area contributed by atoms with Gasteiger partial charge in [-0.2, -0.15) is 5.26 Å². The molecule has 0 aromatic heterocycles. The van der Waals surface area contributed by atoms with Crippen LogP contribution in [0.5, 0.6) is 0 Å². The quantitative estimate of drug-likeness (QED) is 0.644. The van der Waals surface area contributed by atoms with Gasteiger partial charge in [-0.25, -0.2) is 0 Å². The first kappa shape index (κ1) is 8.80. The second kappa shape index (κ2) is 4.66. The molecule has 0 aliphatic rings. The Labute approximate surface area is 59.9 Å². The summed E-state index contributed by atoms with van der Waals surface area (Å²) in [6.07, 6.45) is 0. The van der Waals surface area contributed by atoms with Gasteiger partial charge in [-0.3, -0.25) is 0 Å². The Morgan fingerprint density at radius 2 is 2.22 bits per heavy atom. The highest BCUT2D eigenvalue weighted by Crippen LogP contribution is 2.15. The minimum absolute atomic E-state index is 0.00727. The highest BCUT2D eigenvalue weighted by atomic mass is 32.2. The SMILES string of the molecule is CC(C#N)SC(C)CO. The summed E-state index contributed by atoms with van der Waals surface area (Å²) in [5, 5.41) is 17.0. The van der Waals surface area contributed by atoms with E-state index in [1.165, 1.54) is 11.8 Å². The van der Waals surface area contributed by atoms with E-state index in [0.29, 0.717) is 0 Å². The third kappa shape index (κ3) is 4.31. The third-order valence-corrected chi connectivity index (χ3v) is 2.00. The summed E-state index contributed by atoms with van der Waals surface area (Å²) in [6, 6.07) is 2.08. The molecule has 0 amide bonds. The lowest BCUT2D eigenvalue weighted by Gasteiger charge is -2.07. The van der Waals surface area contributed by atoms with Crippen molar-refractivity contribution < 1.29 is 5.11 Å². The number of thioether (sulfide) groups is 1. The smallest absolute Gasteiger partial charge is 0.0892 e. The lowest BCUT2D eigenvalue weighted by atomic mass is 10.5. The zero-order chi connectivity index (χ0) is 7.28. The van der Waals surface area contributed by atoms with Gasteiger partial charge in [0.1, 0.15) is 0 Å². The van der Waals surface area contributed by atoms with E-state index in [9.17, 15) is 0 Å². The third-order valence-electron chi connectivity index (χ3n) is 0.875.